The molecule has 0 saturated heterocycles. The van der Waals surface area contributed by atoms with Crippen molar-refractivity contribution in [2.24, 2.45) is 5.73 Å². The molecule has 1 heterocycles. The fraction of sp³-hybridized carbons (Fsp3) is 0.357. The molecule has 0 atom stereocenters. The third-order valence-corrected chi connectivity index (χ3v) is 4.59. The Kier molecular flexibility index (Phi) is 3.90. The normalized spacial score (nSPS) is 11.8. The van der Waals surface area contributed by atoms with Crippen LogP contribution in [0.4, 0.5) is 0 Å². The maximum absolute atomic E-state index is 5.83. The summed E-state index contributed by atoms with van der Waals surface area (Å²) in [5, 5.41) is 1.07. The summed E-state index contributed by atoms with van der Waals surface area (Å²) in [7, 11) is 0. The van der Waals surface area contributed by atoms with Gasteiger partial charge in [-0.3, -0.25) is 0 Å². The molecule has 2 aromatic rings. The number of rotatable bonds is 3. The standard InChI is InChI=1S/C14H17BrN2S/c1-9-12(14(2,3)8-16)17-13(18-9)10-4-6-11(15)7-5-10/h4-7H,8,16H2,1-3H3. The fourth-order valence-corrected chi connectivity index (χ4v) is 3.20. The lowest BCUT2D eigenvalue weighted by Crippen LogP contribution is -2.29. The Morgan fingerprint density at radius 2 is 1.89 bits per heavy atom. The average Bonchev–Trinajstić information content (AvgIpc) is 2.73. The average molecular weight is 325 g/mol. The van der Waals surface area contributed by atoms with Crippen molar-refractivity contribution in [1.29, 1.82) is 0 Å². The van der Waals surface area contributed by atoms with Gasteiger partial charge in [-0.15, -0.1) is 11.3 Å². The zero-order valence-electron chi connectivity index (χ0n) is 10.8. The van der Waals surface area contributed by atoms with Gasteiger partial charge in [0.1, 0.15) is 5.01 Å². The molecule has 4 heteroatoms. The maximum atomic E-state index is 5.83. The first-order chi connectivity index (χ1) is 8.44. The van der Waals surface area contributed by atoms with E-state index in [0.717, 1.165) is 20.7 Å². The molecule has 0 aliphatic carbocycles. The van der Waals surface area contributed by atoms with Crippen molar-refractivity contribution in [2.75, 3.05) is 6.54 Å². The third kappa shape index (κ3) is 2.66. The van der Waals surface area contributed by atoms with Crippen LogP contribution < -0.4 is 5.73 Å². The van der Waals surface area contributed by atoms with Crippen LogP contribution in [0.1, 0.15) is 24.4 Å². The molecule has 96 valence electrons. The molecule has 2 rings (SSSR count). The Bertz CT molecular complexity index is 543. The van der Waals surface area contributed by atoms with Gasteiger partial charge < -0.3 is 5.73 Å². The van der Waals surface area contributed by atoms with E-state index in [-0.39, 0.29) is 5.41 Å². The first kappa shape index (κ1) is 13.7. The van der Waals surface area contributed by atoms with Crippen LogP contribution in [0.15, 0.2) is 28.7 Å². The van der Waals surface area contributed by atoms with Crippen LogP contribution in [0.2, 0.25) is 0 Å². The highest BCUT2D eigenvalue weighted by Crippen LogP contribution is 2.33. The van der Waals surface area contributed by atoms with E-state index in [1.807, 2.05) is 12.1 Å². The SMILES string of the molecule is Cc1sc(-c2ccc(Br)cc2)nc1C(C)(C)CN. The molecule has 0 fully saturated rings. The lowest BCUT2D eigenvalue weighted by Gasteiger charge is -2.20. The molecule has 0 unspecified atom stereocenters. The molecule has 0 amide bonds. The van der Waals surface area contributed by atoms with E-state index in [0.29, 0.717) is 6.54 Å². The number of benzene rings is 1. The van der Waals surface area contributed by atoms with Crippen LogP contribution >= 0.6 is 27.3 Å². The number of nitrogens with two attached hydrogens (primary N) is 1. The van der Waals surface area contributed by atoms with Gasteiger partial charge in [-0.2, -0.15) is 0 Å². The second kappa shape index (κ2) is 5.11. The zero-order chi connectivity index (χ0) is 13.3. The van der Waals surface area contributed by atoms with Gasteiger partial charge in [-0.25, -0.2) is 4.98 Å². The number of aryl methyl sites for hydroxylation is 1. The first-order valence-corrected chi connectivity index (χ1v) is 7.49. The Balaban J connectivity index is 2.43. The van der Waals surface area contributed by atoms with Crippen molar-refractivity contribution in [2.45, 2.75) is 26.2 Å². The van der Waals surface area contributed by atoms with Crippen LogP contribution in [-0.4, -0.2) is 11.5 Å². The summed E-state index contributed by atoms with van der Waals surface area (Å²) in [6.07, 6.45) is 0. The number of hydrogen-bond donors (Lipinski definition) is 1. The summed E-state index contributed by atoms with van der Waals surface area (Å²) in [6, 6.07) is 8.25. The number of nitrogens with zero attached hydrogens (tertiary/aromatic N) is 1. The molecule has 0 saturated carbocycles. The fourth-order valence-electron chi connectivity index (χ4n) is 1.84. The zero-order valence-corrected chi connectivity index (χ0v) is 13.2. The monoisotopic (exact) mass is 324 g/mol. The van der Waals surface area contributed by atoms with Crippen LogP contribution in [0.3, 0.4) is 0 Å². The minimum Gasteiger partial charge on any atom is -0.330 e. The smallest absolute Gasteiger partial charge is 0.123 e. The number of halogens is 1. The van der Waals surface area contributed by atoms with Gasteiger partial charge in [0, 0.05) is 26.9 Å². The molecular weight excluding hydrogens is 308 g/mol. The van der Waals surface area contributed by atoms with Gasteiger partial charge in [0.25, 0.3) is 0 Å². The van der Waals surface area contributed by atoms with Crippen molar-refractivity contribution < 1.29 is 0 Å². The molecule has 0 spiro atoms. The van der Waals surface area contributed by atoms with Crippen LogP contribution in [-0.2, 0) is 5.41 Å². The third-order valence-electron chi connectivity index (χ3n) is 3.04. The molecule has 0 radical (unpaired) electrons. The van der Waals surface area contributed by atoms with Crippen molar-refractivity contribution in [1.82, 2.24) is 4.98 Å². The van der Waals surface area contributed by atoms with E-state index < -0.39 is 0 Å². The van der Waals surface area contributed by atoms with E-state index in [2.05, 4.69) is 48.8 Å². The number of aromatic nitrogens is 1. The van der Waals surface area contributed by atoms with Crippen molar-refractivity contribution >= 4 is 27.3 Å². The molecule has 1 aromatic carbocycles. The van der Waals surface area contributed by atoms with Crippen molar-refractivity contribution in [3.8, 4) is 10.6 Å². The van der Waals surface area contributed by atoms with Gasteiger partial charge in [-0.1, -0.05) is 41.9 Å². The largest absolute Gasteiger partial charge is 0.330 e. The summed E-state index contributed by atoms with van der Waals surface area (Å²) in [4.78, 5) is 6.03. The quantitative estimate of drug-likeness (QED) is 0.922. The van der Waals surface area contributed by atoms with Crippen LogP contribution in [0, 0.1) is 6.92 Å². The molecule has 0 aliphatic heterocycles. The predicted octanol–water partition coefficient (Wildman–Crippen LogP) is 4.12. The number of thiazole rings is 1. The van der Waals surface area contributed by atoms with Gasteiger partial charge in [-0.05, 0) is 19.1 Å². The Hall–Kier alpha value is -0.710. The van der Waals surface area contributed by atoms with E-state index in [9.17, 15) is 0 Å². The maximum Gasteiger partial charge on any atom is 0.123 e. The van der Waals surface area contributed by atoms with Gasteiger partial charge in [0.15, 0.2) is 0 Å². The predicted molar refractivity (Wildman–Crippen MR) is 82.1 cm³/mol. The summed E-state index contributed by atoms with van der Waals surface area (Å²) in [5.74, 6) is 0. The Labute approximate surface area is 120 Å². The second-order valence-corrected chi connectivity index (χ2v) is 7.14. The van der Waals surface area contributed by atoms with E-state index in [4.69, 9.17) is 10.7 Å². The second-order valence-electron chi connectivity index (χ2n) is 5.02. The van der Waals surface area contributed by atoms with E-state index in [1.54, 1.807) is 11.3 Å². The summed E-state index contributed by atoms with van der Waals surface area (Å²) < 4.78 is 1.09. The Morgan fingerprint density at radius 3 is 2.44 bits per heavy atom. The highest BCUT2D eigenvalue weighted by Gasteiger charge is 2.25. The minimum atomic E-state index is -0.0613. The molecule has 2 nitrogen and oxygen atoms in total. The van der Waals surface area contributed by atoms with Crippen LogP contribution in [0.25, 0.3) is 10.6 Å². The summed E-state index contributed by atoms with van der Waals surface area (Å²) in [5.41, 5.74) is 8.05. The molecule has 1 aromatic heterocycles. The van der Waals surface area contributed by atoms with E-state index in [1.165, 1.54) is 4.88 Å². The number of hydrogen-bond acceptors (Lipinski definition) is 3. The lowest BCUT2D eigenvalue weighted by molar-refractivity contribution is 0.522. The lowest BCUT2D eigenvalue weighted by atomic mass is 9.89. The summed E-state index contributed by atoms with van der Waals surface area (Å²) in [6.45, 7) is 7.00. The molecule has 0 bridgehead atoms. The van der Waals surface area contributed by atoms with Crippen LogP contribution in [0.5, 0.6) is 0 Å². The Morgan fingerprint density at radius 1 is 1.28 bits per heavy atom. The highest BCUT2D eigenvalue weighted by molar-refractivity contribution is 9.10. The highest BCUT2D eigenvalue weighted by atomic mass is 79.9. The topological polar surface area (TPSA) is 38.9 Å². The van der Waals surface area contributed by atoms with Crippen molar-refractivity contribution in [3.63, 3.8) is 0 Å². The molecule has 18 heavy (non-hydrogen) atoms. The van der Waals surface area contributed by atoms with Gasteiger partial charge in [0.05, 0.1) is 5.69 Å². The molecular formula is C14H17BrN2S. The van der Waals surface area contributed by atoms with Gasteiger partial charge >= 0.3 is 0 Å². The molecule has 2 N–H and O–H groups in total. The van der Waals surface area contributed by atoms with E-state index >= 15 is 0 Å². The van der Waals surface area contributed by atoms with Gasteiger partial charge in [0.2, 0.25) is 0 Å². The van der Waals surface area contributed by atoms with Crippen molar-refractivity contribution in [3.05, 3.63) is 39.3 Å². The minimum absolute atomic E-state index is 0.0613. The summed E-state index contributed by atoms with van der Waals surface area (Å²) >= 11 is 5.18. The molecule has 0 aliphatic rings. The first-order valence-electron chi connectivity index (χ1n) is 5.88.